The molecular weight excluding hydrogens is 364 g/mol. The lowest BCUT2D eigenvalue weighted by atomic mass is 10.1. The van der Waals surface area contributed by atoms with E-state index in [9.17, 15) is 13.2 Å². The highest BCUT2D eigenvalue weighted by Gasteiger charge is 2.29. The quantitative estimate of drug-likeness (QED) is 0.752. The monoisotopic (exact) mass is 390 g/mol. The predicted molar refractivity (Wildman–Crippen MR) is 107 cm³/mol. The molecule has 146 valence electrons. The lowest BCUT2D eigenvalue weighted by Crippen LogP contribution is -2.47. The highest BCUT2D eigenvalue weighted by atomic mass is 32.2. The summed E-state index contributed by atoms with van der Waals surface area (Å²) in [6.45, 7) is 3.85. The van der Waals surface area contributed by atoms with E-state index in [1.807, 2.05) is 43.3 Å². The second-order valence-electron chi connectivity index (χ2n) is 6.28. The van der Waals surface area contributed by atoms with Gasteiger partial charge in [-0.3, -0.25) is 9.10 Å². The molecular formula is C20H26N2O4S. The summed E-state index contributed by atoms with van der Waals surface area (Å²) >= 11 is 0. The largest absolute Gasteiger partial charge is 0.496 e. The first-order chi connectivity index (χ1) is 12.8. The molecule has 27 heavy (non-hydrogen) atoms. The smallest absolute Gasteiger partial charge is 0.243 e. The molecule has 1 unspecified atom stereocenters. The van der Waals surface area contributed by atoms with Crippen molar-refractivity contribution >= 4 is 21.6 Å². The minimum absolute atomic E-state index is 0.250. The van der Waals surface area contributed by atoms with Crippen LogP contribution in [0.4, 0.5) is 5.69 Å². The molecule has 0 aliphatic rings. The molecule has 0 aliphatic heterocycles. The average molecular weight is 391 g/mol. The Morgan fingerprint density at radius 2 is 1.78 bits per heavy atom. The predicted octanol–water partition coefficient (Wildman–Crippen LogP) is 2.73. The van der Waals surface area contributed by atoms with Gasteiger partial charge in [-0.25, -0.2) is 8.42 Å². The van der Waals surface area contributed by atoms with Crippen molar-refractivity contribution in [3.8, 4) is 5.75 Å². The number of hydrogen-bond acceptors (Lipinski definition) is 4. The van der Waals surface area contributed by atoms with Crippen LogP contribution in [0.15, 0.2) is 48.5 Å². The van der Waals surface area contributed by atoms with E-state index in [-0.39, 0.29) is 12.5 Å². The number of nitrogens with zero attached hydrogens (tertiary/aromatic N) is 1. The Morgan fingerprint density at radius 1 is 1.15 bits per heavy atom. The molecule has 1 amide bonds. The molecule has 0 radical (unpaired) electrons. The molecule has 2 aromatic rings. The van der Waals surface area contributed by atoms with Crippen LogP contribution in [-0.2, 0) is 27.8 Å². The summed E-state index contributed by atoms with van der Waals surface area (Å²) in [5.41, 5.74) is 2.38. The topological polar surface area (TPSA) is 75.7 Å². The van der Waals surface area contributed by atoms with Gasteiger partial charge < -0.3 is 10.1 Å². The van der Waals surface area contributed by atoms with Gasteiger partial charge >= 0.3 is 0 Å². The standard InChI is InChI=1S/C20H26N2O4S/c1-5-16-10-12-18(13-11-16)22(27(4,24)25)15(2)20(23)21-14-17-8-6-7-9-19(17)26-3/h6-13,15H,5,14H2,1-4H3,(H,21,23). The number of methoxy groups -OCH3 is 1. The fraction of sp³-hybridized carbons (Fsp3) is 0.350. The lowest BCUT2D eigenvalue weighted by molar-refractivity contribution is -0.122. The van der Waals surface area contributed by atoms with Gasteiger partial charge in [0.15, 0.2) is 0 Å². The Hall–Kier alpha value is -2.54. The van der Waals surface area contributed by atoms with Crippen LogP contribution in [0.25, 0.3) is 0 Å². The number of para-hydroxylation sites is 1. The number of nitrogens with one attached hydrogen (secondary N) is 1. The molecule has 1 atom stereocenters. The van der Waals surface area contributed by atoms with Crippen LogP contribution in [0.2, 0.25) is 0 Å². The van der Waals surface area contributed by atoms with E-state index in [0.29, 0.717) is 11.4 Å². The third kappa shape index (κ3) is 5.23. The number of hydrogen-bond donors (Lipinski definition) is 1. The van der Waals surface area contributed by atoms with Gasteiger partial charge in [0, 0.05) is 12.1 Å². The molecule has 0 aromatic heterocycles. The second kappa shape index (κ2) is 8.90. The Bertz CT molecular complexity index is 879. The molecule has 0 bridgehead atoms. The van der Waals surface area contributed by atoms with Gasteiger partial charge in [-0.1, -0.05) is 37.3 Å². The van der Waals surface area contributed by atoms with Crippen molar-refractivity contribution in [2.45, 2.75) is 32.9 Å². The van der Waals surface area contributed by atoms with Crippen LogP contribution in [0.3, 0.4) is 0 Å². The van der Waals surface area contributed by atoms with E-state index >= 15 is 0 Å². The van der Waals surface area contributed by atoms with Crippen molar-refractivity contribution in [2.75, 3.05) is 17.7 Å². The van der Waals surface area contributed by atoms with Gasteiger partial charge in [-0.2, -0.15) is 0 Å². The van der Waals surface area contributed by atoms with E-state index in [1.165, 1.54) is 0 Å². The van der Waals surface area contributed by atoms with Crippen molar-refractivity contribution in [3.63, 3.8) is 0 Å². The maximum absolute atomic E-state index is 12.6. The number of rotatable bonds is 8. The molecule has 7 heteroatoms. The SMILES string of the molecule is CCc1ccc(N(C(C)C(=O)NCc2ccccc2OC)S(C)(=O)=O)cc1. The van der Waals surface area contributed by atoms with Crippen LogP contribution < -0.4 is 14.4 Å². The Labute approximate surface area is 161 Å². The minimum Gasteiger partial charge on any atom is -0.496 e. The van der Waals surface area contributed by atoms with Crippen LogP contribution >= 0.6 is 0 Å². The number of aryl methyl sites for hydroxylation is 1. The number of carbonyl (C=O) groups is 1. The van der Waals surface area contributed by atoms with Gasteiger partial charge in [-0.15, -0.1) is 0 Å². The van der Waals surface area contributed by atoms with Gasteiger partial charge in [0.25, 0.3) is 0 Å². The molecule has 0 fully saturated rings. The summed E-state index contributed by atoms with van der Waals surface area (Å²) in [4.78, 5) is 12.6. The minimum atomic E-state index is -3.63. The summed E-state index contributed by atoms with van der Waals surface area (Å²) in [6, 6.07) is 13.7. The molecule has 1 N–H and O–H groups in total. The molecule has 0 heterocycles. The second-order valence-corrected chi connectivity index (χ2v) is 8.14. The molecule has 0 saturated heterocycles. The molecule has 2 aromatic carbocycles. The molecule has 0 spiro atoms. The van der Waals surface area contributed by atoms with Gasteiger partial charge in [0.2, 0.25) is 15.9 Å². The zero-order chi connectivity index (χ0) is 20.0. The zero-order valence-corrected chi connectivity index (χ0v) is 16.9. The van der Waals surface area contributed by atoms with Crippen molar-refractivity contribution in [3.05, 3.63) is 59.7 Å². The van der Waals surface area contributed by atoms with Crippen LogP contribution in [0, 0.1) is 0 Å². The number of amides is 1. The highest BCUT2D eigenvalue weighted by Crippen LogP contribution is 2.22. The van der Waals surface area contributed by atoms with Crippen LogP contribution in [0.1, 0.15) is 25.0 Å². The van der Waals surface area contributed by atoms with E-state index < -0.39 is 16.1 Å². The summed E-state index contributed by atoms with van der Waals surface area (Å²) < 4.78 is 31.1. The fourth-order valence-electron chi connectivity index (χ4n) is 2.87. The highest BCUT2D eigenvalue weighted by molar-refractivity contribution is 7.92. The summed E-state index contributed by atoms with van der Waals surface area (Å²) in [6.07, 6.45) is 1.96. The Morgan fingerprint density at radius 3 is 2.33 bits per heavy atom. The average Bonchev–Trinajstić information content (AvgIpc) is 2.65. The molecule has 6 nitrogen and oxygen atoms in total. The third-order valence-corrected chi connectivity index (χ3v) is 5.57. The maximum atomic E-state index is 12.6. The summed E-state index contributed by atoms with van der Waals surface area (Å²) in [5, 5.41) is 2.79. The number of ether oxygens (including phenoxy) is 1. The normalized spacial score (nSPS) is 12.3. The lowest BCUT2D eigenvalue weighted by Gasteiger charge is -2.28. The summed E-state index contributed by atoms with van der Waals surface area (Å²) in [7, 11) is -2.07. The van der Waals surface area contributed by atoms with Gasteiger partial charge in [0.05, 0.1) is 19.1 Å². The first-order valence-electron chi connectivity index (χ1n) is 8.75. The maximum Gasteiger partial charge on any atom is 0.243 e. The first kappa shape index (κ1) is 20.8. The number of carbonyl (C=O) groups excluding carboxylic acids is 1. The van der Waals surface area contributed by atoms with E-state index in [1.54, 1.807) is 26.2 Å². The first-order valence-corrected chi connectivity index (χ1v) is 10.6. The van der Waals surface area contributed by atoms with Crippen LogP contribution in [0.5, 0.6) is 5.75 Å². The van der Waals surface area contributed by atoms with E-state index in [4.69, 9.17) is 4.74 Å². The van der Waals surface area contributed by atoms with Crippen molar-refractivity contribution in [1.29, 1.82) is 0 Å². The number of anilines is 1. The van der Waals surface area contributed by atoms with Crippen molar-refractivity contribution in [2.24, 2.45) is 0 Å². The van der Waals surface area contributed by atoms with Crippen molar-refractivity contribution < 1.29 is 17.9 Å². The molecule has 0 aliphatic carbocycles. The van der Waals surface area contributed by atoms with E-state index in [2.05, 4.69) is 5.32 Å². The van der Waals surface area contributed by atoms with Gasteiger partial charge in [0.1, 0.15) is 11.8 Å². The summed E-state index contributed by atoms with van der Waals surface area (Å²) in [5.74, 6) is 0.284. The number of sulfonamides is 1. The Balaban J connectivity index is 2.19. The molecule has 0 saturated carbocycles. The fourth-order valence-corrected chi connectivity index (χ4v) is 4.04. The molecule has 2 rings (SSSR count). The van der Waals surface area contributed by atoms with Crippen LogP contribution in [-0.4, -0.2) is 33.7 Å². The van der Waals surface area contributed by atoms with Crippen molar-refractivity contribution in [1.82, 2.24) is 5.32 Å². The van der Waals surface area contributed by atoms with Gasteiger partial charge in [-0.05, 0) is 37.1 Å². The zero-order valence-electron chi connectivity index (χ0n) is 16.1. The van der Waals surface area contributed by atoms with E-state index in [0.717, 1.165) is 28.1 Å². The third-order valence-electron chi connectivity index (χ3n) is 4.33. The number of benzene rings is 2. The Kier molecular flexibility index (Phi) is 6.85.